The first-order chi connectivity index (χ1) is 14.5. The number of hydrogen-bond donors (Lipinski definition) is 0. The van der Waals surface area contributed by atoms with Crippen LogP contribution in [0.1, 0.15) is 161 Å². The smallest absolute Gasteiger partial charge is 0.0348 e. The Morgan fingerprint density at radius 2 is 0.379 bits per heavy atom. The van der Waals surface area contributed by atoms with Crippen molar-refractivity contribution in [2.45, 2.75) is 161 Å². The molecule has 0 amide bonds. The summed E-state index contributed by atoms with van der Waals surface area (Å²) in [5.41, 5.74) is 0. The zero-order valence-electron chi connectivity index (χ0n) is 20.0. The van der Waals surface area contributed by atoms with Gasteiger partial charge < -0.3 is 0 Å². The van der Waals surface area contributed by atoms with Crippen molar-refractivity contribution in [2.75, 3.05) is 0 Å². The fourth-order valence-electron chi connectivity index (χ4n) is 4.59. The van der Waals surface area contributed by atoms with Gasteiger partial charge in [0, 0.05) is 0 Å². The Morgan fingerprint density at radius 3 is 0.586 bits per heavy atom. The zero-order chi connectivity index (χ0) is 20.5. The van der Waals surface area contributed by atoms with Gasteiger partial charge in [-0.05, 0) is 25.7 Å². The van der Waals surface area contributed by atoms with Gasteiger partial charge in [-0.25, -0.2) is 0 Å². The molecule has 0 heterocycles. The first-order valence-electron chi connectivity index (χ1n) is 13.8. The van der Waals surface area contributed by atoms with E-state index in [0.717, 1.165) is 0 Å². The zero-order valence-corrected chi connectivity index (χ0v) is 20.0. The molecule has 0 radical (unpaired) electrons. The summed E-state index contributed by atoms with van der Waals surface area (Å²) >= 11 is 0. The van der Waals surface area contributed by atoms with E-state index in [1.165, 1.54) is 161 Å². The minimum Gasteiger partial charge on any atom is -0.0845 e. The standard InChI is InChI=1S/C29H54/c1-2-4-6-8-10-12-14-16-18-20-22-24-26-28-29-27-25-23-21-19-17-15-13-11-9-7-5-3-1/h1-4H,5-29H2. The van der Waals surface area contributed by atoms with Crippen molar-refractivity contribution in [3.8, 4) is 0 Å². The molecule has 29 heavy (non-hydrogen) atoms. The van der Waals surface area contributed by atoms with Crippen molar-refractivity contribution in [1.82, 2.24) is 0 Å². The average molecular weight is 403 g/mol. The Labute approximate surface area is 185 Å². The number of allylic oxidation sites excluding steroid dienone is 4. The van der Waals surface area contributed by atoms with Gasteiger partial charge in [0.05, 0.1) is 0 Å². The third kappa shape index (κ3) is 22.0. The van der Waals surface area contributed by atoms with Crippen LogP contribution in [-0.4, -0.2) is 0 Å². The van der Waals surface area contributed by atoms with Crippen LogP contribution in [0.4, 0.5) is 0 Å². The van der Waals surface area contributed by atoms with Gasteiger partial charge in [0.25, 0.3) is 0 Å². The second-order valence-electron chi connectivity index (χ2n) is 9.57. The van der Waals surface area contributed by atoms with Crippen molar-refractivity contribution < 1.29 is 0 Å². The van der Waals surface area contributed by atoms with Crippen LogP contribution in [-0.2, 0) is 0 Å². The Kier molecular flexibility index (Phi) is 21.7. The molecule has 0 atom stereocenters. The van der Waals surface area contributed by atoms with E-state index in [2.05, 4.69) is 24.3 Å². The van der Waals surface area contributed by atoms with Gasteiger partial charge in [-0.2, -0.15) is 0 Å². The molecule has 0 spiro atoms. The predicted molar refractivity (Wildman–Crippen MR) is 134 cm³/mol. The predicted octanol–water partition coefficient (Wildman–Crippen LogP) is 10.9. The lowest BCUT2D eigenvalue weighted by molar-refractivity contribution is 0.517. The summed E-state index contributed by atoms with van der Waals surface area (Å²) in [6.07, 6.45) is 45.5. The third-order valence-electron chi connectivity index (χ3n) is 6.62. The molecule has 0 saturated carbocycles. The number of hydrogen-bond acceptors (Lipinski definition) is 0. The maximum Gasteiger partial charge on any atom is -0.0348 e. The second-order valence-corrected chi connectivity index (χ2v) is 9.57. The van der Waals surface area contributed by atoms with E-state index < -0.39 is 0 Å². The maximum absolute atomic E-state index is 2.37. The van der Waals surface area contributed by atoms with E-state index in [1.807, 2.05) is 0 Å². The average Bonchev–Trinajstić information content (AvgIpc) is 2.73. The van der Waals surface area contributed by atoms with Gasteiger partial charge in [0.15, 0.2) is 0 Å². The first kappa shape index (κ1) is 26.5. The Balaban J connectivity index is 2.07. The molecule has 0 aromatic carbocycles. The molecule has 0 aliphatic heterocycles. The van der Waals surface area contributed by atoms with Crippen LogP contribution < -0.4 is 0 Å². The molecule has 0 nitrogen and oxygen atoms in total. The van der Waals surface area contributed by atoms with E-state index in [-0.39, 0.29) is 0 Å². The molecule has 1 aliphatic rings. The van der Waals surface area contributed by atoms with E-state index >= 15 is 0 Å². The van der Waals surface area contributed by atoms with Crippen molar-refractivity contribution in [2.24, 2.45) is 0 Å². The molecule has 1 rings (SSSR count). The Morgan fingerprint density at radius 1 is 0.207 bits per heavy atom. The highest BCUT2D eigenvalue weighted by atomic mass is 14.0. The number of rotatable bonds is 0. The van der Waals surface area contributed by atoms with Crippen LogP contribution >= 0.6 is 0 Å². The minimum atomic E-state index is 1.27. The van der Waals surface area contributed by atoms with Crippen LogP contribution in [0.15, 0.2) is 24.3 Å². The molecule has 0 fully saturated rings. The van der Waals surface area contributed by atoms with E-state index in [9.17, 15) is 0 Å². The molecular weight excluding hydrogens is 348 g/mol. The molecule has 0 aromatic rings. The second kappa shape index (κ2) is 23.8. The van der Waals surface area contributed by atoms with Crippen LogP contribution in [0, 0.1) is 0 Å². The molecule has 1 aliphatic carbocycles. The normalized spacial score (nSPS) is 22.9. The summed E-state index contributed by atoms with van der Waals surface area (Å²) in [4.78, 5) is 0. The molecule has 0 bridgehead atoms. The quantitative estimate of drug-likeness (QED) is 0.378. The summed E-state index contributed by atoms with van der Waals surface area (Å²) in [5, 5.41) is 0. The molecule has 0 unspecified atom stereocenters. The lowest BCUT2D eigenvalue weighted by atomic mass is 10.0. The third-order valence-corrected chi connectivity index (χ3v) is 6.62. The summed E-state index contributed by atoms with van der Waals surface area (Å²) in [5.74, 6) is 0. The molecule has 170 valence electrons. The van der Waals surface area contributed by atoms with Crippen molar-refractivity contribution in [3.63, 3.8) is 0 Å². The molecule has 0 aromatic heterocycles. The van der Waals surface area contributed by atoms with Gasteiger partial charge in [0.1, 0.15) is 0 Å². The van der Waals surface area contributed by atoms with Gasteiger partial charge in [-0.1, -0.05) is 159 Å². The van der Waals surface area contributed by atoms with Crippen LogP contribution in [0.25, 0.3) is 0 Å². The van der Waals surface area contributed by atoms with E-state index in [1.54, 1.807) is 0 Å². The van der Waals surface area contributed by atoms with Crippen LogP contribution in [0.5, 0.6) is 0 Å². The van der Waals surface area contributed by atoms with E-state index in [4.69, 9.17) is 0 Å². The largest absolute Gasteiger partial charge is 0.0845 e. The molecule has 0 saturated heterocycles. The highest BCUT2D eigenvalue weighted by molar-refractivity contribution is 5.02. The Bertz CT molecular complexity index is 317. The summed E-state index contributed by atoms with van der Waals surface area (Å²) in [6, 6.07) is 0. The van der Waals surface area contributed by atoms with Crippen LogP contribution in [0.3, 0.4) is 0 Å². The summed E-state index contributed by atoms with van der Waals surface area (Å²) in [6.45, 7) is 0. The van der Waals surface area contributed by atoms with Crippen molar-refractivity contribution in [3.05, 3.63) is 24.3 Å². The van der Waals surface area contributed by atoms with Gasteiger partial charge >= 0.3 is 0 Å². The van der Waals surface area contributed by atoms with Gasteiger partial charge in [-0.15, -0.1) is 0 Å². The fourth-order valence-corrected chi connectivity index (χ4v) is 4.59. The highest BCUT2D eigenvalue weighted by Crippen LogP contribution is 2.16. The molecule has 0 heteroatoms. The fraction of sp³-hybridized carbons (Fsp3) is 0.862. The lowest BCUT2D eigenvalue weighted by Gasteiger charge is -2.04. The van der Waals surface area contributed by atoms with Crippen molar-refractivity contribution in [1.29, 1.82) is 0 Å². The summed E-state index contributed by atoms with van der Waals surface area (Å²) in [7, 11) is 0. The maximum atomic E-state index is 2.37. The van der Waals surface area contributed by atoms with Crippen molar-refractivity contribution >= 4 is 0 Å². The topological polar surface area (TPSA) is 0 Å². The van der Waals surface area contributed by atoms with Gasteiger partial charge in [0.2, 0.25) is 0 Å². The highest BCUT2D eigenvalue weighted by Gasteiger charge is 1.96. The van der Waals surface area contributed by atoms with E-state index in [0.29, 0.717) is 0 Å². The Hall–Kier alpha value is -0.520. The summed E-state index contributed by atoms with van der Waals surface area (Å²) < 4.78 is 0. The minimum absolute atomic E-state index is 1.27. The molecular formula is C29H54. The monoisotopic (exact) mass is 402 g/mol. The SMILES string of the molecule is C1=CCCCCCCCCCCCCCCCCCCCCCCCCCC=C1. The molecule has 0 N–H and O–H groups in total. The van der Waals surface area contributed by atoms with Gasteiger partial charge in [-0.3, -0.25) is 0 Å². The first-order valence-corrected chi connectivity index (χ1v) is 13.8. The lowest BCUT2D eigenvalue weighted by Crippen LogP contribution is -1.84. The van der Waals surface area contributed by atoms with Crippen LogP contribution in [0.2, 0.25) is 0 Å².